The first-order chi connectivity index (χ1) is 30.8. The van der Waals surface area contributed by atoms with Crippen molar-refractivity contribution in [2.75, 3.05) is 69.2 Å². The van der Waals surface area contributed by atoms with Crippen molar-refractivity contribution in [3.63, 3.8) is 0 Å². The maximum atomic E-state index is 14.9. The first-order valence-corrected chi connectivity index (χ1v) is 21.8. The third-order valence-electron chi connectivity index (χ3n) is 13.1. The summed E-state index contributed by atoms with van der Waals surface area (Å²) in [6, 6.07) is 24.6. The molecule has 64 heavy (non-hydrogen) atoms. The van der Waals surface area contributed by atoms with Crippen molar-refractivity contribution < 1.29 is 22.0 Å². The number of hydrogen-bond acceptors (Lipinski definition) is 10. The molecule has 4 aromatic rings. The molecule has 2 saturated heterocycles. The highest BCUT2D eigenvalue weighted by atomic mass is 19.4. The first-order valence-electron chi connectivity index (χ1n) is 21.8. The predicted molar refractivity (Wildman–Crippen MR) is 246 cm³/mol. The van der Waals surface area contributed by atoms with Gasteiger partial charge >= 0.3 is 6.18 Å². The maximum Gasteiger partial charge on any atom is 0.416 e. The van der Waals surface area contributed by atoms with Gasteiger partial charge in [-0.3, -0.25) is 9.59 Å². The molecule has 0 radical (unpaired) electrons. The predicted octanol–water partition coefficient (Wildman–Crippen LogP) is 9.32. The van der Waals surface area contributed by atoms with Crippen LogP contribution in [0.3, 0.4) is 0 Å². The van der Waals surface area contributed by atoms with E-state index < -0.39 is 11.7 Å². The zero-order valence-electron chi connectivity index (χ0n) is 36.2. The van der Waals surface area contributed by atoms with Gasteiger partial charge in [0.15, 0.2) is 33.5 Å². The van der Waals surface area contributed by atoms with Crippen LogP contribution in [0.2, 0.25) is 0 Å². The molecule has 0 atom stereocenters. The molecule has 10 rings (SSSR count). The summed E-state index contributed by atoms with van der Waals surface area (Å²) in [6.45, 7) is 12.9. The van der Waals surface area contributed by atoms with Crippen molar-refractivity contribution in [1.82, 2.24) is 20.2 Å². The molecule has 0 aromatic heterocycles. The molecule has 0 amide bonds. The molecule has 2 fully saturated rings. The molecule has 4 heterocycles. The number of nitrogens with zero attached hydrogens (tertiary/aromatic N) is 5. The zero-order valence-corrected chi connectivity index (χ0v) is 36.2. The van der Waals surface area contributed by atoms with Crippen LogP contribution in [0, 0.1) is 20.8 Å². The Balaban J connectivity index is 1.07. The van der Waals surface area contributed by atoms with Crippen LogP contribution in [0.25, 0.3) is 67.4 Å². The summed E-state index contributed by atoms with van der Waals surface area (Å²) in [4.78, 5) is 45.7. The molecule has 1 N–H and O–H groups in total. The van der Waals surface area contributed by atoms with Crippen LogP contribution in [0.15, 0.2) is 103 Å². The number of rotatable bonds is 6. The minimum absolute atomic E-state index is 0.0684. The van der Waals surface area contributed by atoms with E-state index in [1.165, 1.54) is 6.07 Å². The summed E-state index contributed by atoms with van der Waals surface area (Å²) in [6.07, 6.45) is -3.32. The van der Waals surface area contributed by atoms with Crippen LogP contribution < -0.4 is 26.0 Å². The zero-order chi connectivity index (χ0) is 44.4. The van der Waals surface area contributed by atoms with Crippen molar-refractivity contribution in [2.24, 2.45) is 0 Å². The number of likely N-dealkylation sites (N-methyl/N-ethyl adjacent to an activating group) is 1. The molecule has 4 aromatic carbocycles. The lowest BCUT2D eigenvalue weighted by molar-refractivity contribution is -0.137. The largest absolute Gasteiger partial charge is 0.452 e. The fraction of sp³-hybridized carbons (Fsp3) is 0.294. The van der Waals surface area contributed by atoms with E-state index in [2.05, 4.69) is 39.2 Å². The molecule has 0 unspecified atom stereocenters. The topological polar surface area (TPSA) is 108 Å². The lowest BCUT2D eigenvalue weighted by Gasteiger charge is -2.34. The summed E-state index contributed by atoms with van der Waals surface area (Å²) >= 11 is 0. The SMILES string of the molecule is Cc1c2nc3cc(Cc4c(C)c5nc6ccc(C(F)(F)F)cc6oc-5c(-c5ccc(N6CCN(C)CC6)cc5)c4=O)ccc3oc-2c(-c2ccc(N3CCCNCC3)cc2)c(=O)c1C. The van der Waals surface area contributed by atoms with E-state index in [-0.39, 0.29) is 39.7 Å². The number of anilines is 2. The van der Waals surface area contributed by atoms with Crippen molar-refractivity contribution in [2.45, 2.75) is 39.8 Å². The van der Waals surface area contributed by atoms with Crippen LogP contribution in [-0.4, -0.2) is 74.3 Å². The lowest BCUT2D eigenvalue weighted by Crippen LogP contribution is -2.44. The Hall–Kier alpha value is -6.57. The number of aromatic nitrogens is 2. The van der Waals surface area contributed by atoms with Crippen molar-refractivity contribution in [3.8, 4) is 45.2 Å². The number of nitrogens with one attached hydrogen (secondary N) is 1. The monoisotopic (exact) mass is 864 g/mol. The second-order valence-electron chi connectivity index (χ2n) is 17.2. The van der Waals surface area contributed by atoms with Crippen LogP contribution in [0.5, 0.6) is 0 Å². The molecular weight excluding hydrogens is 818 g/mol. The quantitative estimate of drug-likeness (QED) is 0.163. The molecule has 10 nitrogen and oxygen atoms in total. The Bertz CT molecular complexity index is 3130. The highest BCUT2D eigenvalue weighted by Crippen LogP contribution is 2.40. The second-order valence-corrected chi connectivity index (χ2v) is 17.2. The smallest absolute Gasteiger partial charge is 0.416 e. The van der Waals surface area contributed by atoms with Gasteiger partial charge in [-0.25, -0.2) is 9.97 Å². The highest BCUT2D eigenvalue weighted by molar-refractivity contribution is 5.89. The van der Waals surface area contributed by atoms with E-state index in [1.807, 2.05) is 68.4 Å². The normalized spacial score (nSPS) is 15.5. The number of piperazine rings is 1. The third-order valence-corrected chi connectivity index (χ3v) is 13.1. The molecule has 13 heteroatoms. The number of halogens is 3. The Morgan fingerprint density at radius 1 is 0.625 bits per heavy atom. The standard InChI is InChI=1S/C51H47F3N6O4/c1-29-30(2)47(61)43(33-7-12-36(13-8-33)59-20-5-18-55-19-21-59)49-45(29)57-40-27-32(6-17-41(40)63-49)26-38-31(3)46-50(64-42-28-35(51(52,53)54)11-16-39(42)56-46)44(48(38)62)34-9-14-37(15-10-34)60-24-22-58(4)23-25-60/h6-17,27-28,55H,5,18-26H2,1-4H3. The molecular formula is C51H47F3N6O4. The Morgan fingerprint density at radius 2 is 1.23 bits per heavy atom. The van der Waals surface area contributed by atoms with Crippen molar-refractivity contribution >= 4 is 33.6 Å². The average Bonchev–Trinajstić information content (AvgIpc) is 3.59. The van der Waals surface area contributed by atoms with Gasteiger partial charge in [-0.1, -0.05) is 30.3 Å². The van der Waals surface area contributed by atoms with Crippen LogP contribution in [0.4, 0.5) is 24.5 Å². The molecule has 0 saturated carbocycles. The summed E-state index contributed by atoms with van der Waals surface area (Å²) in [5.41, 5.74) is 8.21. The van der Waals surface area contributed by atoms with E-state index in [1.54, 1.807) is 6.92 Å². The van der Waals surface area contributed by atoms with Gasteiger partial charge in [-0.05, 0) is 123 Å². The highest BCUT2D eigenvalue weighted by Gasteiger charge is 2.32. The molecule has 6 aliphatic rings. The summed E-state index contributed by atoms with van der Waals surface area (Å²) < 4.78 is 54.3. The van der Waals surface area contributed by atoms with Gasteiger partial charge in [0.1, 0.15) is 22.4 Å². The van der Waals surface area contributed by atoms with Crippen molar-refractivity contribution in [3.05, 3.63) is 139 Å². The van der Waals surface area contributed by atoms with Gasteiger partial charge in [0.05, 0.1) is 16.7 Å². The van der Waals surface area contributed by atoms with Crippen LogP contribution in [0.1, 0.15) is 39.8 Å². The lowest BCUT2D eigenvalue weighted by atomic mass is 9.90. The molecule has 4 aliphatic heterocycles. The second kappa shape index (κ2) is 16.2. The minimum atomic E-state index is -4.59. The Kier molecular flexibility index (Phi) is 10.5. The van der Waals surface area contributed by atoms with Gasteiger partial charge in [0.2, 0.25) is 0 Å². The van der Waals surface area contributed by atoms with E-state index in [4.69, 9.17) is 18.8 Å². The van der Waals surface area contributed by atoms with E-state index in [9.17, 15) is 22.8 Å². The van der Waals surface area contributed by atoms with Gasteiger partial charge in [-0.2, -0.15) is 13.2 Å². The van der Waals surface area contributed by atoms with E-state index in [0.717, 1.165) is 99.0 Å². The number of alkyl halides is 3. The van der Waals surface area contributed by atoms with Gasteiger partial charge in [0, 0.05) is 74.7 Å². The fourth-order valence-corrected chi connectivity index (χ4v) is 9.21. The van der Waals surface area contributed by atoms with Gasteiger partial charge in [0.25, 0.3) is 0 Å². The van der Waals surface area contributed by atoms with Crippen LogP contribution >= 0.6 is 0 Å². The Labute approximate surface area is 367 Å². The fourth-order valence-electron chi connectivity index (χ4n) is 9.21. The van der Waals surface area contributed by atoms with Gasteiger partial charge < -0.3 is 28.9 Å². The minimum Gasteiger partial charge on any atom is -0.452 e. The maximum absolute atomic E-state index is 14.9. The van der Waals surface area contributed by atoms with Crippen molar-refractivity contribution in [1.29, 1.82) is 0 Å². The summed E-state index contributed by atoms with van der Waals surface area (Å²) in [7, 11) is 2.10. The number of hydrogen-bond donors (Lipinski definition) is 1. The molecule has 0 bridgehead atoms. The van der Waals surface area contributed by atoms with E-state index >= 15 is 0 Å². The molecule has 0 spiro atoms. The average molecular weight is 865 g/mol. The molecule has 2 aliphatic carbocycles. The third kappa shape index (κ3) is 7.45. The molecule has 326 valence electrons. The van der Waals surface area contributed by atoms with E-state index in [0.29, 0.717) is 56.1 Å². The summed E-state index contributed by atoms with van der Waals surface area (Å²) in [5, 5.41) is 3.44. The number of benzene rings is 6. The van der Waals surface area contributed by atoms with Gasteiger partial charge in [-0.15, -0.1) is 0 Å². The number of fused-ring (bicyclic) bond motifs is 4. The summed E-state index contributed by atoms with van der Waals surface area (Å²) in [5.74, 6) is 0.545. The van der Waals surface area contributed by atoms with Crippen LogP contribution in [-0.2, 0) is 12.6 Å². The first kappa shape index (κ1) is 41.4. The Morgan fingerprint density at radius 3 is 1.91 bits per heavy atom.